The Labute approximate surface area is 215 Å². The third-order valence-corrected chi connectivity index (χ3v) is 7.01. The summed E-state index contributed by atoms with van der Waals surface area (Å²) >= 11 is 0. The van der Waals surface area contributed by atoms with E-state index in [2.05, 4.69) is 66.2 Å². The Balaban J connectivity index is 1.46. The fourth-order valence-electron chi connectivity index (χ4n) is 5.20. The van der Waals surface area contributed by atoms with E-state index in [0.717, 1.165) is 58.2 Å². The number of aromatic nitrogens is 1. The van der Waals surface area contributed by atoms with Crippen LogP contribution < -0.4 is 0 Å². The maximum atomic E-state index is 9.50. The molecular weight excluding hydrogens is 444 g/mol. The van der Waals surface area contributed by atoms with Crippen LogP contribution >= 0.6 is 0 Å². The fraction of sp³-hybridized carbons (Fsp3) is 0.375. The Morgan fingerprint density at radius 1 is 0.750 bits per heavy atom. The largest absolute Gasteiger partial charge is 0.508 e. The van der Waals surface area contributed by atoms with Crippen LogP contribution in [0, 0.1) is 13.8 Å². The molecule has 4 aromatic rings. The molecule has 0 unspecified atom stereocenters. The second-order valence-corrected chi connectivity index (χ2v) is 10.0. The SMILES string of the molecule is Cc1cc(C)cc(-c2[nH]c3ccccc3c2CCN(CCCCO)CCCCc2ccc(O)cc2)c1. The molecule has 0 saturated carbocycles. The number of nitrogens with one attached hydrogen (secondary N) is 1. The minimum atomic E-state index is 0.258. The van der Waals surface area contributed by atoms with Gasteiger partial charge in [0.1, 0.15) is 5.75 Å². The minimum absolute atomic E-state index is 0.258. The Bertz CT molecular complexity index is 1220. The molecule has 4 heteroatoms. The van der Waals surface area contributed by atoms with Crippen LogP contribution in [-0.4, -0.2) is 46.3 Å². The van der Waals surface area contributed by atoms with E-state index in [1.807, 2.05) is 12.1 Å². The summed E-state index contributed by atoms with van der Waals surface area (Å²) < 4.78 is 0. The summed E-state index contributed by atoms with van der Waals surface area (Å²) in [5.74, 6) is 0.325. The Hall–Kier alpha value is -3.08. The molecule has 190 valence electrons. The molecule has 0 saturated heterocycles. The number of aromatic hydroxyl groups is 1. The topological polar surface area (TPSA) is 59.5 Å². The zero-order chi connectivity index (χ0) is 25.3. The average molecular weight is 485 g/mol. The number of para-hydroxylation sites is 1. The number of fused-ring (bicyclic) bond motifs is 1. The fourth-order valence-corrected chi connectivity index (χ4v) is 5.20. The lowest BCUT2D eigenvalue weighted by Crippen LogP contribution is -2.28. The number of phenolic OH excluding ortho intramolecular Hbond substituents is 1. The van der Waals surface area contributed by atoms with Crippen molar-refractivity contribution in [3.63, 3.8) is 0 Å². The molecule has 0 amide bonds. The lowest BCUT2D eigenvalue weighted by Gasteiger charge is -2.22. The first kappa shape index (κ1) is 26.0. The van der Waals surface area contributed by atoms with Gasteiger partial charge in [0.25, 0.3) is 0 Å². The number of nitrogens with zero attached hydrogens (tertiary/aromatic N) is 1. The molecule has 0 fully saturated rings. The van der Waals surface area contributed by atoms with Crippen molar-refractivity contribution in [2.24, 2.45) is 0 Å². The van der Waals surface area contributed by atoms with Crippen molar-refractivity contribution in [3.8, 4) is 17.0 Å². The van der Waals surface area contributed by atoms with Crippen molar-refractivity contribution in [3.05, 3.63) is 89.0 Å². The summed E-state index contributed by atoms with van der Waals surface area (Å²) in [5.41, 5.74) is 8.94. The molecule has 3 N–H and O–H groups in total. The molecule has 1 heterocycles. The van der Waals surface area contributed by atoms with Crippen molar-refractivity contribution in [1.82, 2.24) is 9.88 Å². The predicted octanol–water partition coefficient (Wildman–Crippen LogP) is 6.80. The quantitative estimate of drug-likeness (QED) is 0.183. The smallest absolute Gasteiger partial charge is 0.115 e. The van der Waals surface area contributed by atoms with Gasteiger partial charge in [-0.05, 0) is 112 Å². The lowest BCUT2D eigenvalue weighted by molar-refractivity contribution is 0.240. The van der Waals surface area contributed by atoms with E-state index >= 15 is 0 Å². The Morgan fingerprint density at radius 2 is 1.44 bits per heavy atom. The van der Waals surface area contributed by atoms with Crippen molar-refractivity contribution in [1.29, 1.82) is 0 Å². The van der Waals surface area contributed by atoms with Gasteiger partial charge in [0.2, 0.25) is 0 Å². The first-order chi connectivity index (χ1) is 17.5. The summed E-state index contributed by atoms with van der Waals surface area (Å²) in [6, 6.07) is 23.0. The number of aromatic amines is 1. The molecule has 3 aromatic carbocycles. The highest BCUT2D eigenvalue weighted by atomic mass is 16.3. The number of aliphatic hydroxyl groups is 1. The standard InChI is InChI=1S/C32H40N2O2/c1-24-21-25(2)23-27(22-24)32-30(29-10-3-4-11-31(29)33-32)16-19-34(18-7-8-20-35)17-6-5-9-26-12-14-28(36)15-13-26/h3-4,10-15,21-23,33,35-36H,5-9,16-20H2,1-2H3. The van der Waals surface area contributed by atoms with Gasteiger partial charge in [-0.3, -0.25) is 0 Å². The highest BCUT2D eigenvalue weighted by Crippen LogP contribution is 2.32. The van der Waals surface area contributed by atoms with E-state index in [0.29, 0.717) is 5.75 Å². The molecule has 0 bridgehead atoms. The highest BCUT2D eigenvalue weighted by Gasteiger charge is 2.15. The highest BCUT2D eigenvalue weighted by molar-refractivity contribution is 5.91. The Morgan fingerprint density at radius 3 is 2.17 bits per heavy atom. The molecule has 0 aliphatic heterocycles. The lowest BCUT2D eigenvalue weighted by atomic mass is 9.99. The van der Waals surface area contributed by atoms with Crippen LogP contribution in [0.25, 0.3) is 22.2 Å². The van der Waals surface area contributed by atoms with Gasteiger partial charge in [0, 0.05) is 29.7 Å². The van der Waals surface area contributed by atoms with Crippen LogP contribution in [0.3, 0.4) is 0 Å². The minimum Gasteiger partial charge on any atom is -0.508 e. The molecule has 0 radical (unpaired) electrons. The zero-order valence-corrected chi connectivity index (χ0v) is 21.8. The maximum Gasteiger partial charge on any atom is 0.115 e. The number of H-pyrrole nitrogens is 1. The van der Waals surface area contributed by atoms with Crippen LogP contribution in [0.15, 0.2) is 66.7 Å². The van der Waals surface area contributed by atoms with Crippen molar-refractivity contribution in [2.45, 2.75) is 52.4 Å². The van der Waals surface area contributed by atoms with Crippen LogP contribution in [-0.2, 0) is 12.8 Å². The van der Waals surface area contributed by atoms with Gasteiger partial charge in [-0.1, -0.05) is 47.5 Å². The van der Waals surface area contributed by atoms with Crippen molar-refractivity contribution >= 4 is 10.9 Å². The number of aryl methyl sites for hydroxylation is 3. The van der Waals surface area contributed by atoms with Gasteiger partial charge in [-0.2, -0.15) is 0 Å². The number of rotatable bonds is 13. The zero-order valence-electron chi connectivity index (χ0n) is 21.8. The van der Waals surface area contributed by atoms with Gasteiger partial charge in [-0.15, -0.1) is 0 Å². The van der Waals surface area contributed by atoms with E-state index in [1.54, 1.807) is 12.1 Å². The monoisotopic (exact) mass is 484 g/mol. The third kappa shape index (κ3) is 6.99. The predicted molar refractivity (Wildman–Crippen MR) is 151 cm³/mol. The van der Waals surface area contributed by atoms with Crippen LogP contribution in [0.4, 0.5) is 0 Å². The van der Waals surface area contributed by atoms with Gasteiger partial charge in [0.05, 0.1) is 0 Å². The number of benzene rings is 3. The molecule has 0 spiro atoms. The van der Waals surface area contributed by atoms with Crippen LogP contribution in [0.1, 0.15) is 47.9 Å². The number of hydrogen-bond acceptors (Lipinski definition) is 3. The van der Waals surface area contributed by atoms with E-state index in [1.165, 1.54) is 44.4 Å². The average Bonchev–Trinajstić information content (AvgIpc) is 3.24. The van der Waals surface area contributed by atoms with E-state index in [9.17, 15) is 10.2 Å². The molecule has 1 aromatic heterocycles. The second kappa shape index (κ2) is 12.8. The third-order valence-electron chi connectivity index (χ3n) is 7.01. The molecular formula is C32H40N2O2. The summed E-state index contributed by atoms with van der Waals surface area (Å²) in [4.78, 5) is 6.28. The second-order valence-electron chi connectivity index (χ2n) is 10.0. The Kier molecular flexibility index (Phi) is 9.21. The summed E-state index contributed by atoms with van der Waals surface area (Å²) in [6.07, 6.45) is 6.16. The summed E-state index contributed by atoms with van der Waals surface area (Å²) in [7, 11) is 0. The molecule has 4 nitrogen and oxygen atoms in total. The molecule has 0 aliphatic carbocycles. The van der Waals surface area contributed by atoms with Gasteiger partial charge < -0.3 is 20.1 Å². The molecule has 0 aliphatic rings. The summed E-state index contributed by atoms with van der Waals surface area (Å²) in [5, 5.41) is 20.1. The van der Waals surface area contributed by atoms with Gasteiger partial charge in [-0.25, -0.2) is 0 Å². The number of hydrogen-bond donors (Lipinski definition) is 3. The maximum absolute atomic E-state index is 9.50. The van der Waals surface area contributed by atoms with Crippen molar-refractivity contribution in [2.75, 3.05) is 26.2 Å². The normalized spacial score (nSPS) is 11.6. The van der Waals surface area contributed by atoms with Crippen molar-refractivity contribution < 1.29 is 10.2 Å². The first-order valence-corrected chi connectivity index (χ1v) is 13.3. The molecule has 4 rings (SSSR count). The number of unbranched alkanes of at least 4 members (excludes halogenated alkanes) is 2. The molecule has 0 atom stereocenters. The van der Waals surface area contributed by atoms with E-state index in [4.69, 9.17) is 0 Å². The molecule has 36 heavy (non-hydrogen) atoms. The van der Waals surface area contributed by atoms with Crippen LogP contribution in [0.2, 0.25) is 0 Å². The number of aliphatic hydroxyl groups excluding tert-OH is 1. The van der Waals surface area contributed by atoms with E-state index < -0.39 is 0 Å². The van der Waals surface area contributed by atoms with Crippen LogP contribution in [0.5, 0.6) is 5.75 Å². The first-order valence-electron chi connectivity index (χ1n) is 13.3. The van der Waals surface area contributed by atoms with Gasteiger partial charge in [0.15, 0.2) is 0 Å². The van der Waals surface area contributed by atoms with E-state index in [-0.39, 0.29) is 6.61 Å². The number of phenols is 1. The summed E-state index contributed by atoms with van der Waals surface area (Å²) in [6.45, 7) is 7.67. The van der Waals surface area contributed by atoms with Gasteiger partial charge >= 0.3 is 0 Å².